The van der Waals surface area contributed by atoms with Gasteiger partial charge in [-0.05, 0) is 0 Å². The highest BCUT2D eigenvalue weighted by atomic mass is 32.2. The van der Waals surface area contributed by atoms with Crippen molar-refractivity contribution in [1.82, 2.24) is 0 Å². The van der Waals surface area contributed by atoms with Gasteiger partial charge in [-0.3, -0.25) is 8.60 Å². The standard InChI is InChI=1S/C2H6OS.CH3F/c1-4(2)3;1-2/h1-2H3;1H3. The van der Waals surface area contributed by atoms with Gasteiger partial charge in [0.25, 0.3) is 0 Å². The monoisotopic (exact) mass is 112 g/mol. The van der Waals surface area contributed by atoms with Gasteiger partial charge in [-0.1, -0.05) is 0 Å². The highest BCUT2D eigenvalue weighted by Gasteiger charge is 1.57. The van der Waals surface area contributed by atoms with E-state index in [0.717, 1.165) is 0 Å². The van der Waals surface area contributed by atoms with Crippen molar-refractivity contribution in [3.63, 3.8) is 0 Å². The second-order valence-corrected chi connectivity index (χ2v) is 2.22. The van der Waals surface area contributed by atoms with Gasteiger partial charge in [0.2, 0.25) is 0 Å². The maximum absolute atomic E-state index is 9.56. The molecule has 40 valence electrons. The molecule has 1 nitrogen and oxygen atoms in total. The van der Waals surface area contributed by atoms with E-state index in [1.165, 1.54) is 0 Å². The first-order valence-electron chi connectivity index (χ1n) is 1.36. The first-order valence-corrected chi connectivity index (χ1v) is 3.33. The zero-order chi connectivity index (χ0) is 5.58. The Morgan fingerprint density at radius 2 is 1.33 bits per heavy atom. The summed E-state index contributed by atoms with van der Waals surface area (Å²) in [4.78, 5) is 0. The highest BCUT2D eigenvalue weighted by molar-refractivity contribution is 7.83. The molecule has 0 amide bonds. The SMILES string of the molecule is CF.CS(C)=O. The third-order valence-corrected chi connectivity index (χ3v) is 0. The lowest BCUT2D eigenvalue weighted by Crippen LogP contribution is -1.70. The van der Waals surface area contributed by atoms with E-state index in [0.29, 0.717) is 7.18 Å². The molecule has 0 atom stereocenters. The highest BCUT2D eigenvalue weighted by Crippen LogP contribution is 1.47. The minimum atomic E-state index is -0.611. The van der Waals surface area contributed by atoms with E-state index in [2.05, 4.69) is 0 Å². The van der Waals surface area contributed by atoms with Crippen molar-refractivity contribution in [2.24, 2.45) is 0 Å². The van der Waals surface area contributed by atoms with Gasteiger partial charge in [-0.2, -0.15) is 0 Å². The molecular weight excluding hydrogens is 103 g/mol. The van der Waals surface area contributed by atoms with Crippen LogP contribution < -0.4 is 0 Å². The molecule has 0 rings (SSSR count). The largest absolute Gasteiger partial charge is 0.260 e. The number of hydrogen-bond donors (Lipinski definition) is 0. The lowest BCUT2D eigenvalue weighted by molar-refractivity contribution is 0.636. The Balaban J connectivity index is 0. The number of halogens is 1. The maximum atomic E-state index is 9.56. The zero-order valence-corrected chi connectivity index (χ0v) is 5.01. The van der Waals surface area contributed by atoms with Crippen LogP contribution in [0.3, 0.4) is 0 Å². The normalized spacial score (nSPS) is 6.83. The molecule has 0 bridgehead atoms. The van der Waals surface area contributed by atoms with E-state index in [4.69, 9.17) is 0 Å². The fourth-order valence-corrected chi connectivity index (χ4v) is 0. The van der Waals surface area contributed by atoms with E-state index in [9.17, 15) is 8.60 Å². The summed E-state index contributed by atoms with van der Waals surface area (Å²) >= 11 is 0. The Hall–Kier alpha value is 0.0800. The summed E-state index contributed by atoms with van der Waals surface area (Å²) in [5.41, 5.74) is 0. The summed E-state index contributed by atoms with van der Waals surface area (Å²) < 4.78 is 19.1. The predicted molar refractivity (Wildman–Crippen MR) is 27.0 cm³/mol. The first kappa shape index (κ1) is 9.43. The third-order valence-electron chi connectivity index (χ3n) is 0. The predicted octanol–water partition coefficient (Wildman–Crippen LogP) is 0.580. The van der Waals surface area contributed by atoms with Crippen LogP contribution in [0.1, 0.15) is 0 Å². The molecule has 6 heavy (non-hydrogen) atoms. The quantitative estimate of drug-likeness (QED) is 0.448. The van der Waals surface area contributed by atoms with Crippen LogP contribution in [0.5, 0.6) is 0 Å². The molecule has 0 N–H and O–H groups in total. The maximum Gasteiger partial charge on any atom is 0.0785 e. The van der Waals surface area contributed by atoms with Crippen LogP contribution in [-0.4, -0.2) is 23.9 Å². The lowest BCUT2D eigenvalue weighted by Gasteiger charge is -1.60. The molecule has 0 aliphatic rings. The van der Waals surface area contributed by atoms with Crippen LogP contribution in [0.15, 0.2) is 0 Å². The van der Waals surface area contributed by atoms with Crippen LogP contribution in [0.4, 0.5) is 4.39 Å². The number of hydrogen-bond acceptors (Lipinski definition) is 1. The molecule has 0 aromatic carbocycles. The smallest absolute Gasteiger partial charge is 0.0785 e. The summed E-state index contributed by atoms with van der Waals surface area (Å²) in [5, 5.41) is 0. The van der Waals surface area contributed by atoms with Gasteiger partial charge in [-0.15, -0.1) is 0 Å². The van der Waals surface area contributed by atoms with Gasteiger partial charge in [-0.25, -0.2) is 0 Å². The second kappa shape index (κ2) is 8.91. The molecule has 0 fully saturated rings. The molecule has 0 spiro atoms. The van der Waals surface area contributed by atoms with Gasteiger partial charge in [0, 0.05) is 23.3 Å². The van der Waals surface area contributed by atoms with Gasteiger partial charge in [0.15, 0.2) is 0 Å². The van der Waals surface area contributed by atoms with Crippen molar-refractivity contribution in [3.05, 3.63) is 0 Å². The number of alkyl halides is 1. The van der Waals surface area contributed by atoms with Crippen LogP contribution >= 0.6 is 0 Å². The third kappa shape index (κ3) is 6050. The molecule has 0 aromatic heterocycles. The minimum absolute atomic E-state index is 0.500. The second-order valence-electron chi connectivity index (χ2n) is 0.742. The van der Waals surface area contributed by atoms with Crippen LogP contribution in [0.25, 0.3) is 0 Å². The van der Waals surface area contributed by atoms with Gasteiger partial charge < -0.3 is 0 Å². The summed E-state index contributed by atoms with van der Waals surface area (Å²) in [6, 6.07) is 0. The molecular formula is C3H9FOS. The van der Waals surface area contributed by atoms with Crippen molar-refractivity contribution in [2.45, 2.75) is 0 Å². The van der Waals surface area contributed by atoms with Crippen molar-refractivity contribution in [2.75, 3.05) is 19.7 Å². The average molecular weight is 112 g/mol. The summed E-state index contributed by atoms with van der Waals surface area (Å²) in [6.07, 6.45) is 3.28. The summed E-state index contributed by atoms with van der Waals surface area (Å²) in [5.74, 6) is 0. The summed E-state index contributed by atoms with van der Waals surface area (Å²) in [7, 11) is -0.111. The van der Waals surface area contributed by atoms with Gasteiger partial charge >= 0.3 is 0 Å². The van der Waals surface area contributed by atoms with Crippen LogP contribution in [0, 0.1) is 0 Å². The fraction of sp³-hybridized carbons (Fsp3) is 1.00. The van der Waals surface area contributed by atoms with Crippen molar-refractivity contribution in [1.29, 1.82) is 0 Å². The minimum Gasteiger partial charge on any atom is -0.260 e. The van der Waals surface area contributed by atoms with Crippen molar-refractivity contribution in [3.8, 4) is 0 Å². The van der Waals surface area contributed by atoms with E-state index in [-0.39, 0.29) is 0 Å². The Morgan fingerprint density at radius 3 is 1.33 bits per heavy atom. The summed E-state index contributed by atoms with van der Waals surface area (Å²) in [6.45, 7) is 0. The Morgan fingerprint density at radius 1 is 1.33 bits per heavy atom. The molecule has 0 radical (unpaired) electrons. The van der Waals surface area contributed by atoms with Crippen molar-refractivity contribution < 1.29 is 8.60 Å². The Kier molecular flexibility index (Phi) is 14.0. The first-order chi connectivity index (χ1) is 2.73. The topological polar surface area (TPSA) is 17.1 Å². The Labute approximate surface area is 40.0 Å². The molecule has 3 heteroatoms. The zero-order valence-electron chi connectivity index (χ0n) is 4.19. The van der Waals surface area contributed by atoms with Gasteiger partial charge in [0.1, 0.15) is 0 Å². The lowest BCUT2D eigenvalue weighted by atomic mass is 11.9. The number of rotatable bonds is 0. The fourth-order valence-electron chi connectivity index (χ4n) is 0. The van der Waals surface area contributed by atoms with E-state index in [1.807, 2.05) is 0 Å². The van der Waals surface area contributed by atoms with Crippen LogP contribution in [-0.2, 0) is 10.8 Å². The molecule has 0 aromatic rings. The molecule has 0 saturated carbocycles. The molecule has 0 unspecified atom stereocenters. The average Bonchev–Trinajstić information content (AvgIpc) is 1.41. The molecule has 0 aliphatic heterocycles. The van der Waals surface area contributed by atoms with Gasteiger partial charge in [0.05, 0.1) is 7.18 Å². The van der Waals surface area contributed by atoms with Crippen molar-refractivity contribution >= 4 is 10.8 Å². The Bertz CT molecular complexity index is 33.8. The van der Waals surface area contributed by atoms with E-state index in [1.54, 1.807) is 12.5 Å². The van der Waals surface area contributed by atoms with Crippen LogP contribution in [0.2, 0.25) is 0 Å². The molecule has 0 saturated heterocycles. The molecule has 0 heterocycles. The van der Waals surface area contributed by atoms with E-state index < -0.39 is 10.8 Å². The van der Waals surface area contributed by atoms with E-state index >= 15 is 0 Å². The molecule has 0 aliphatic carbocycles.